The van der Waals surface area contributed by atoms with E-state index in [4.69, 9.17) is 9.99 Å². The summed E-state index contributed by atoms with van der Waals surface area (Å²) in [5.74, 6) is 1.98. The van der Waals surface area contributed by atoms with Gasteiger partial charge in [0, 0.05) is 44.9 Å². The van der Waals surface area contributed by atoms with Gasteiger partial charge in [-0.05, 0) is 83.6 Å². The quantitative estimate of drug-likeness (QED) is 0.0991. The van der Waals surface area contributed by atoms with Crippen molar-refractivity contribution in [1.29, 1.82) is 0 Å². The molecule has 5 nitrogen and oxygen atoms in total. The molecule has 0 spiro atoms. The molecule has 3 aliphatic rings. The number of fused-ring (bicyclic) bond motifs is 12. The third-order valence-corrected chi connectivity index (χ3v) is 13.3. The molecule has 11 rings (SSSR count). The van der Waals surface area contributed by atoms with Crippen LogP contribution in [0.1, 0.15) is 61.1 Å². The molecule has 8 aromatic rings. The van der Waals surface area contributed by atoms with Crippen molar-refractivity contribution in [2.45, 2.75) is 58.6 Å². The molecule has 8 aromatic carbocycles. The number of hydrogen-bond acceptors (Lipinski definition) is 4. The van der Waals surface area contributed by atoms with Gasteiger partial charge in [0.1, 0.15) is 18.1 Å². The monoisotopic (exact) mass is 797 g/mol. The molecule has 61 heavy (non-hydrogen) atoms. The van der Waals surface area contributed by atoms with Crippen molar-refractivity contribution in [2.24, 2.45) is 0 Å². The summed E-state index contributed by atoms with van der Waals surface area (Å²) < 4.78 is 10.2. The van der Waals surface area contributed by atoms with Crippen LogP contribution in [0, 0.1) is 6.92 Å². The summed E-state index contributed by atoms with van der Waals surface area (Å²) in [5.41, 5.74) is 14.0. The van der Waals surface area contributed by atoms with Gasteiger partial charge in [-0.25, -0.2) is 9.46 Å². The van der Waals surface area contributed by atoms with Crippen LogP contribution in [-0.2, 0) is 28.9 Å². The van der Waals surface area contributed by atoms with Crippen LogP contribution in [0.2, 0.25) is 0 Å². The molecule has 0 saturated carbocycles. The van der Waals surface area contributed by atoms with E-state index in [0.717, 1.165) is 47.8 Å². The van der Waals surface area contributed by atoms with Crippen LogP contribution < -0.4 is 24.8 Å². The van der Waals surface area contributed by atoms with E-state index in [1.54, 1.807) is 0 Å². The Morgan fingerprint density at radius 2 is 1.16 bits per heavy atom. The van der Waals surface area contributed by atoms with Gasteiger partial charge in [0.2, 0.25) is 5.36 Å². The molecule has 5 heteroatoms. The first-order chi connectivity index (χ1) is 29.6. The molecular formula is C56H49N2O3+. The van der Waals surface area contributed by atoms with Crippen LogP contribution >= 0.6 is 0 Å². The van der Waals surface area contributed by atoms with Crippen molar-refractivity contribution >= 4 is 39.0 Å². The molecule has 0 aliphatic carbocycles. The molecule has 0 radical (unpaired) electrons. The Kier molecular flexibility index (Phi) is 8.61. The topological polar surface area (TPSA) is 44.9 Å². The zero-order chi connectivity index (χ0) is 41.6. The number of benzene rings is 8. The average Bonchev–Trinajstić information content (AvgIpc) is 3.72. The molecule has 0 aromatic heterocycles. The molecule has 0 atom stereocenters. The Labute approximate surface area is 357 Å². The zero-order valence-electron chi connectivity index (χ0n) is 35.4. The minimum atomic E-state index is -0.186. The lowest BCUT2D eigenvalue weighted by Gasteiger charge is -2.28. The van der Waals surface area contributed by atoms with Crippen LogP contribution in [0.4, 0.5) is 11.4 Å². The largest absolute Gasteiger partial charge is 0.455 e. The molecule has 0 fully saturated rings. The second-order valence-electron chi connectivity index (χ2n) is 18.6. The number of anilines is 2. The minimum absolute atomic E-state index is 0.171. The Bertz CT molecular complexity index is 3180. The highest BCUT2D eigenvalue weighted by Crippen LogP contribution is 2.56. The van der Waals surface area contributed by atoms with Gasteiger partial charge < -0.3 is 9.64 Å². The lowest BCUT2D eigenvalue weighted by molar-refractivity contribution is -0.253. The molecule has 3 aliphatic heterocycles. The summed E-state index contributed by atoms with van der Waals surface area (Å²) in [6, 6.07) is 52.8. The van der Waals surface area contributed by atoms with Crippen molar-refractivity contribution in [2.75, 3.05) is 18.0 Å². The van der Waals surface area contributed by atoms with E-state index in [9.17, 15) is 0 Å². The van der Waals surface area contributed by atoms with Gasteiger partial charge in [-0.2, -0.15) is 0 Å². The fourth-order valence-corrected chi connectivity index (χ4v) is 10.5. The SMILES string of the molecule is Cc1ccc(-c2ccc(N3CC(C)(C)c4c5c(c6ccccc6c43)C=c3c(c4c(c6ccccc36)=[N+](Cc3ccc(-c6ccc(COO)cc6)cc3)CC4(C)C)O5)cc2)cc1. The highest BCUT2D eigenvalue weighted by molar-refractivity contribution is 6.07. The Balaban J connectivity index is 1.05. The van der Waals surface area contributed by atoms with Gasteiger partial charge in [0.05, 0.1) is 22.1 Å². The van der Waals surface area contributed by atoms with Crippen molar-refractivity contribution in [3.63, 3.8) is 0 Å². The zero-order valence-corrected chi connectivity index (χ0v) is 35.4. The summed E-state index contributed by atoms with van der Waals surface area (Å²) in [7, 11) is 0. The van der Waals surface area contributed by atoms with Crippen LogP contribution in [0.3, 0.4) is 0 Å². The Hall–Kier alpha value is -6.53. The minimum Gasteiger partial charge on any atom is -0.455 e. The predicted molar refractivity (Wildman–Crippen MR) is 250 cm³/mol. The average molecular weight is 798 g/mol. The van der Waals surface area contributed by atoms with E-state index in [-0.39, 0.29) is 17.4 Å². The van der Waals surface area contributed by atoms with Crippen LogP contribution in [-0.4, -0.2) is 18.3 Å². The van der Waals surface area contributed by atoms with Crippen molar-refractivity contribution in [1.82, 2.24) is 4.58 Å². The van der Waals surface area contributed by atoms with E-state index < -0.39 is 0 Å². The molecule has 0 saturated heterocycles. The molecule has 300 valence electrons. The van der Waals surface area contributed by atoms with Crippen molar-refractivity contribution < 1.29 is 14.9 Å². The lowest BCUT2D eigenvalue weighted by Crippen LogP contribution is -2.30. The highest BCUT2D eigenvalue weighted by Gasteiger charge is 2.45. The highest BCUT2D eigenvalue weighted by atomic mass is 17.1. The van der Waals surface area contributed by atoms with Gasteiger partial charge >= 0.3 is 0 Å². The maximum atomic E-state index is 8.86. The number of nitrogens with zero attached hydrogens (tertiary/aromatic N) is 2. The maximum absolute atomic E-state index is 8.86. The molecular weight excluding hydrogens is 749 g/mol. The van der Waals surface area contributed by atoms with Gasteiger partial charge in [0.25, 0.3) is 0 Å². The number of rotatable bonds is 7. The summed E-state index contributed by atoms with van der Waals surface area (Å²) >= 11 is 0. The van der Waals surface area contributed by atoms with Crippen molar-refractivity contribution in [3.05, 3.63) is 190 Å². The van der Waals surface area contributed by atoms with Crippen LogP contribution in [0.15, 0.2) is 146 Å². The molecule has 0 bridgehead atoms. The Morgan fingerprint density at radius 3 is 1.80 bits per heavy atom. The fraction of sp³-hybridized carbons (Fsp3) is 0.196. The number of hydrogen-bond donors (Lipinski definition) is 1. The normalized spacial score (nSPS) is 15.6. The van der Waals surface area contributed by atoms with Gasteiger partial charge in [-0.15, -0.1) is 0 Å². The van der Waals surface area contributed by atoms with E-state index >= 15 is 0 Å². The van der Waals surface area contributed by atoms with Crippen molar-refractivity contribution in [3.8, 4) is 33.8 Å². The van der Waals surface area contributed by atoms with E-state index in [1.807, 2.05) is 12.1 Å². The Morgan fingerprint density at radius 1 is 0.607 bits per heavy atom. The maximum Gasteiger partial charge on any atom is 0.215 e. The molecule has 0 unspecified atom stereocenters. The van der Waals surface area contributed by atoms with E-state index in [2.05, 4.69) is 189 Å². The molecule has 3 heterocycles. The summed E-state index contributed by atoms with van der Waals surface area (Å²) in [5, 5.41) is 16.2. The first kappa shape index (κ1) is 37.5. The predicted octanol–water partition coefficient (Wildman–Crippen LogP) is 12.0. The smallest absolute Gasteiger partial charge is 0.215 e. The second kappa shape index (κ2) is 14.0. The summed E-state index contributed by atoms with van der Waals surface area (Å²) in [6.07, 6.45) is 2.44. The van der Waals surface area contributed by atoms with Gasteiger partial charge in [-0.1, -0.05) is 147 Å². The lowest BCUT2D eigenvalue weighted by atomic mass is 9.81. The first-order valence-corrected chi connectivity index (χ1v) is 21.4. The number of aryl methyl sites for hydroxylation is 1. The first-order valence-electron chi connectivity index (χ1n) is 21.4. The second-order valence-corrected chi connectivity index (χ2v) is 18.6. The van der Waals surface area contributed by atoms with E-state index in [1.165, 1.54) is 82.4 Å². The van der Waals surface area contributed by atoms with Gasteiger partial charge in [-0.3, -0.25) is 5.26 Å². The number of ether oxygens (including phenoxy) is 1. The molecule has 0 amide bonds. The molecule has 1 N–H and O–H groups in total. The third-order valence-electron chi connectivity index (χ3n) is 13.3. The van der Waals surface area contributed by atoms with Gasteiger partial charge in [0.15, 0.2) is 13.1 Å². The van der Waals surface area contributed by atoms with E-state index in [0.29, 0.717) is 0 Å². The fourth-order valence-electron chi connectivity index (χ4n) is 10.5. The summed E-state index contributed by atoms with van der Waals surface area (Å²) in [6.45, 7) is 14.3. The standard InChI is InChI=1S/C56H48N2O3/c1-35-14-20-38(21-15-35)41-26-28-42(29-27-41)58-34-56(4,5)50-52(58)46-13-9-7-11-44(46)48-30-47-43-10-6-8-12-45(43)51-49(53(47)61-54(48)50)55(2,3)33-57(51)31-36-16-22-39(23-17-36)40-24-18-37(19-25-40)32-60-59/h6-30H,31-34H2,1-5H3/p+1. The van der Waals surface area contributed by atoms with Crippen LogP contribution in [0.5, 0.6) is 11.5 Å². The summed E-state index contributed by atoms with van der Waals surface area (Å²) in [4.78, 5) is 6.85. The third kappa shape index (κ3) is 6.09. The van der Waals surface area contributed by atoms with Crippen LogP contribution in [0.25, 0.3) is 49.9 Å².